The molecule has 2 heterocycles. The van der Waals surface area contributed by atoms with Crippen molar-refractivity contribution in [2.45, 2.75) is 57.3 Å². The molecule has 0 saturated carbocycles. The first-order valence-electron chi connectivity index (χ1n) is 11.3. The number of allylic oxidation sites excluding steroid dienone is 1. The smallest absolute Gasteiger partial charge is 0.235 e. The van der Waals surface area contributed by atoms with Crippen molar-refractivity contribution >= 4 is 34.0 Å². The number of benzene rings is 1. The zero-order valence-electron chi connectivity index (χ0n) is 19.2. The van der Waals surface area contributed by atoms with E-state index in [1.165, 1.54) is 23.1 Å². The van der Waals surface area contributed by atoms with Crippen LogP contribution in [-0.4, -0.2) is 26.4 Å². The third-order valence-corrected chi connectivity index (χ3v) is 7.76. The first-order valence-corrected chi connectivity index (χ1v) is 13.1. The highest BCUT2D eigenvalue weighted by Gasteiger charge is 2.21. The van der Waals surface area contributed by atoms with Gasteiger partial charge < -0.3 is 10.1 Å². The SMILES string of the molecule is C=CCn1c(COc2cccc(C)c2)nnc1SCC(=O)Nc1sc2c(c1C#N)CCCCC2. The number of amides is 1. The predicted molar refractivity (Wildman–Crippen MR) is 135 cm³/mol. The first-order chi connectivity index (χ1) is 16.6. The average molecular weight is 494 g/mol. The molecular weight excluding hydrogens is 466 g/mol. The largest absolute Gasteiger partial charge is 0.486 e. The molecular formula is C25H27N5O2S2. The van der Waals surface area contributed by atoms with E-state index in [1.54, 1.807) is 17.4 Å². The normalized spacial score (nSPS) is 12.9. The number of thiophene rings is 1. The zero-order valence-corrected chi connectivity index (χ0v) is 20.8. The van der Waals surface area contributed by atoms with Crippen LogP contribution in [0.5, 0.6) is 5.75 Å². The van der Waals surface area contributed by atoms with Crippen molar-refractivity contribution in [3.05, 3.63) is 64.3 Å². The van der Waals surface area contributed by atoms with Gasteiger partial charge in [0.2, 0.25) is 5.91 Å². The molecule has 0 radical (unpaired) electrons. The topological polar surface area (TPSA) is 92.8 Å². The fraction of sp³-hybridized carbons (Fsp3) is 0.360. The Morgan fingerprint density at radius 3 is 3.00 bits per heavy atom. The van der Waals surface area contributed by atoms with Gasteiger partial charge in [0.1, 0.15) is 23.4 Å². The maximum Gasteiger partial charge on any atom is 0.235 e. The number of ether oxygens (including phenoxy) is 1. The average Bonchev–Trinajstić information content (AvgIpc) is 3.27. The summed E-state index contributed by atoms with van der Waals surface area (Å²) in [6.07, 6.45) is 7.08. The molecule has 9 heteroatoms. The molecule has 0 saturated heterocycles. The number of aromatic nitrogens is 3. The Labute approximate surface area is 207 Å². The van der Waals surface area contributed by atoms with Crippen LogP contribution in [0.2, 0.25) is 0 Å². The first kappa shape index (κ1) is 24.0. The number of carbonyl (C=O) groups is 1. The van der Waals surface area contributed by atoms with Crippen molar-refractivity contribution in [2.75, 3.05) is 11.1 Å². The number of nitrogens with zero attached hydrogens (tertiary/aromatic N) is 4. The molecule has 1 aliphatic carbocycles. The summed E-state index contributed by atoms with van der Waals surface area (Å²) >= 11 is 2.85. The molecule has 176 valence electrons. The monoisotopic (exact) mass is 493 g/mol. The van der Waals surface area contributed by atoms with E-state index in [0.29, 0.717) is 28.1 Å². The number of hydrogen-bond acceptors (Lipinski definition) is 7. The fourth-order valence-electron chi connectivity index (χ4n) is 3.94. The second kappa shape index (κ2) is 11.4. The summed E-state index contributed by atoms with van der Waals surface area (Å²) in [5.74, 6) is 1.44. The number of thioether (sulfide) groups is 1. The molecule has 1 aromatic carbocycles. The zero-order chi connectivity index (χ0) is 23.9. The predicted octanol–water partition coefficient (Wildman–Crippen LogP) is 5.28. The van der Waals surface area contributed by atoms with Crippen LogP contribution in [-0.2, 0) is 30.8 Å². The van der Waals surface area contributed by atoms with Gasteiger partial charge in [0.15, 0.2) is 11.0 Å². The lowest BCUT2D eigenvalue weighted by Crippen LogP contribution is -2.15. The van der Waals surface area contributed by atoms with E-state index in [1.807, 2.05) is 35.8 Å². The summed E-state index contributed by atoms with van der Waals surface area (Å²) in [7, 11) is 0. The van der Waals surface area contributed by atoms with Gasteiger partial charge >= 0.3 is 0 Å². The molecule has 0 unspecified atom stereocenters. The van der Waals surface area contributed by atoms with Crippen LogP contribution in [0.4, 0.5) is 5.00 Å². The summed E-state index contributed by atoms with van der Waals surface area (Å²) in [5.41, 5.74) is 2.87. The van der Waals surface area contributed by atoms with Crippen LogP contribution in [0.25, 0.3) is 0 Å². The lowest BCUT2D eigenvalue weighted by atomic mass is 10.1. The fourth-order valence-corrected chi connectivity index (χ4v) is 5.96. The van der Waals surface area contributed by atoms with Crippen molar-refractivity contribution in [1.82, 2.24) is 14.8 Å². The molecule has 3 aromatic rings. The molecule has 1 aliphatic rings. The van der Waals surface area contributed by atoms with E-state index in [4.69, 9.17) is 4.74 Å². The third kappa shape index (κ3) is 5.69. The van der Waals surface area contributed by atoms with E-state index in [-0.39, 0.29) is 18.3 Å². The van der Waals surface area contributed by atoms with Gasteiger partial charge in [0.25, 0.3) is 0 Å². The van der Waals surface area contributed by atoms with Crippen LogP contribution in [0.15, 0.2) is 42.1 Å². The van der Waals surface area contributed by atoms with Crippen molar-refractivity contribution in [2.24, 2.45) is 0 Å². The minimum atomic E-state index is -0.163. The molecule has 0 fully saturated rings. The lowest BCUT2D eigenvalue weighted by molar-refractivity contribution is -0.113. The van der Waals surface area contributed by atoms with Gasteiger partial charge in [-0.25, -0.2) is 0 Å². The van der Waals surface area contributed by atoms with Gasteiger partial charge in [0, 0.05) is 11.4 Å². The second-order valence-electron chi connectivity index (χ2n) is 8.12. The molecule has 1 amide bonds. The number of rotatable bonds is 9. The van der Waals surface area contributed by atoms with Crippen molar-refractivity contribution < 1.29 is 9.53 Å². The van der Waals surface area contributed by atoms with Crippen molar-refractivity contribution in [1.29, 1.82) is 5.26 Å². The number of anilines is 1. The molecule has 7 nitrogen and oxygen atoms in total. The Kier molecular flexibility index (Phi) is 8.03. The molecule has 1 N–H and O–H groups in total. The van der Waals surface area contributed by atoms with Crippen LogP contribution in [0.3, 0.4) is 0 Å². The Hall–Kier alpha value is -3.09. The summed E-state index contributed by atoms with van der Waals surface area (Å²) in [5, 5.41) is 22.4. The lowest BCUT2D eigenvalue weighted by Gasteiger charge is -2.09. The van der Waals surface area contributed by atoms with Crippen LogP contribution in [0.1, 0.15) is 46.7 Å². The molecule has 0 aliphatic heterocycles. The number of nitrogens with one attached hydrogen (secondary N) is 1. The van der Waals surface area contributed by atoms with Gasteiger partial charge in [-0.2, -0.15) is 5.26 Å². The molecule has 34 heavy (non-hydrogen) atoms. The molecule has 2 aromatic heterocycles. The van der Waals surface area contributed by atoms with Crippen LogP contribution >= 0.6 is 23.1 Å². The quantitative estimate of drug-likeness (QED) is 0.248. The van der Waals surface area contributed by atoms with E-state index in [0.717, 1.165) is 42.6 Å². The maximum absolute atomic E-state index is 12.7. The highest BCUT2D eigenvalue weighted by molar-refractivity contribution is 7.99. The highest BCUT2D eigenvalue weighted by atomic mass is 32.2. The van der Waals surface area contributed by atoms with E-state index >= 15 is 0 Å². The molecule has 0 atom stereocenters. The van der Waals surface area contributed by atoms with Gasteiger partial charge in [-0.1, -0.05) is 36.4 Å². The van der Waals surface area contributed by atoms with Gasteiger partial charge in [-0.05, 0) is 55.9 Å². The van der Waals surface area contributed by atoms with Gasteiger partial charge in [0.05, 0.1) is 11.3 Å². The number of carbonyl (C=O) groups excluding carboxylic acids is 1. The molecule has 4 rings (SSSR count). The maximum atomic E-state index is 12.7. The Morgan fingerprint density at radius 2 is 2.21 bits per heavy atom. The van der Waals surface area contributed by atoms with Crippen LogP contribution in [0, 0.1) is 18.3 Å². The van der Waals surface area contributed by atoms with Crippen molar-refractivity contribution in [3.8, 4) is 11.8 Å². The van der Waals surface area contributed by atoms with Gasteiger partial charge in [-0.3, -0.25) is 9.36 Å². The highest BCUT2D eigenvalue weighted by Crippen LogP contribution is 2.37. The summed E-state index contributed by atoms with van der Waals surface area (Å²) in [4.78, 5) is 14.0. The number of fused-ring (bicyclic) bond motifs is 1. The number of hydrogen-bond donors (Lipinski definition) is 1. The van der Waals surface area contributed by atoms with Crippen LogP contribution < -0.4 is 10.1 Å². The standard InChI is InChI=1S/C25H27N5O2S2/c1-3-12-30-22(15-32-18-9-7-8-17(2)13-18)28-29-25(30)33-16-23(31)27-24-20(14-26)19-10-5-4-6-11-21(19)34-24/h3,7-9,13H,1,4-6,10-12,15-16H2,2H3,(H,27,31). The third-order valence-electron chi connectivity index (χ3n) is 5.58. The van der Waals surface area contributed by atoms with E-state index in [2.05, 4.69) is 28.2 Å². The minimum absolute atomic E-state index is 0.163. The summed E-state index contributed by atoms with van der Waals surface area (Å²) in [6.45, 7) is 6.62. The Balaban J connectivity index is 1.40. The van der Waals surface area contributed by atoms with E-state index < -0.39 is 0 Å². The summed E-state index contributed by atoms with van der Waals surface area (Å²) < 4.78 is 7.77. The van der Waals surface area contributed by atoms with E-state index in [9.17, 15) is 10.1 Å². The molecule has 0 spiro atoms. The Morgan fingerprint density at radius 1 is 1.35 bits per heavy atom. The molecule has 0 bridgehead atoms. The Bertz CT molecular complexity index is 1220. The number of nitriles is 1. The second-order valence-corrected chi connectivity index (χ2v) is 10.2. The summed E-state index contributed by atoms with van der Waals surface area (Å²) in [6, 6.07) is 10.1. The van der Waals surface area contributed by atoms with Gasteiger partial charge in [-0.15, -0.1) is 28.1 Å². The number of aryl methyl sites for hydroxylation is 2. The van der Waals surface area contributed by atoms with Crippen molar-refractivity contribution in [3.63, 3.8) is 0 Å². The minimum Gasteiger partial charge on any atom is -0.486 e.